The number of ether oxygens (including phenoxy) is 1. The molecular weight excluding hydrogens is 288 g/mol. The zero-order chi connectivity index (χ0) is 14.4. The van der Waals surface area contributed by atoms with Gasteiger partial charge in [-0.3, -0.25) is 4.79 Å². The molecule has 21 heavy (non-hydrogen) atoms. The highest BCUT2D eigenvalue weighted by Crippen LogP contribution is 2.17. The highest BCUT2D eigenvalue weighted by Gasteiger charge is 2.21. The molecule has 1 heterocycles. The van der Waals surface area contributed by atoms with Gasteiger partial charge in [0.2, 0.25) is 0 Å². The van der Waals surface area contributed by atoms with Crippen molar-refractivity contribution in [2.75, 3.05) is 26.7 Å². The Kier molecular flexibility index (Phi) is 7.54. The lowest BCUT2D eigenvalue weighted by atomic mass is 10.1. The molecule has 1 saturated heterocycles. The highest BCUT2D eigenvalue weighted by atomic mass is 35.5. The second-order valence-electron chi connectivity index (χ2n) is 5.21. The van der Waals surface area contributed by atoms with Gasteiger partial charge in [-0.1, -0.05) is 0 Å². The largest absolute Gasteiger partial charge is 0.494 e. The molecule has 1 amide bonds. The van der Waals surface area contributed by atoms with Crippen LogP contribution in [0.1, 0.15) is 36.5 Å². The summed E-state index contributed by atoms with van der Waals surface area (Å²) in [6, 6.07) is 7.75. The van der Waals surface area contributed by atoms with Gasteiger partial charge in [-0.15, -0.1) is 12.4 Å². The van der Waals surface area contributed by atoms with E-state index in [0.717, 1.165) is 43.7 Å². The number of rotatable bonds is 4. The lowest BCUT2D eigenvalue weighted by Gasteiger charge is -2.27. The minimum Gasteiger partial charge on any atom is -0.494 e. The maximum Gasteiger partial charge on any atom is 0.253 e. The fraction of sp³-hybridized carbons (Fsp3) is 0.562. The number of carbonyl (C=O) groups is 1. The standard InChI is InChI=1S/C16H24N2O2.ClH/c1-3-20-15-8-6-13(7-9-15)16(19)18(2)14-5-4-11-17-12-10-14;/h6-9,14,17H,3-5,10-12H2,1-2H3;1H. The molecule has 1 unspecified atom stereocenters. The number of nitrogens with one attached hydrogen (secondary N) is 1. The van der Waals surface area contributed by atoms with Crippen LogP contribution in [0.3, 0.4) is 0 Å². The third-order valence-electron chi connectivity index (χ3n) is 3.83. The Balaban J connectivity index is 0.00000220. The second kappa shape index (κ2) is 8.90. The van der Waals surface area contributed by atoms with Crippen molar-refractivity contribution >= 4 is 18.3 Å². The van der Waals surface area contributed by atoms with E-state index in [9.17, 15) is 4.79 Å². The van der Waals surface area contributed by atoms with Crippen LogP contribution in [0.5, 0.6) is 5.75 Å². The molecule has 0 saturated carbocycles. The Morgan fingerprint density at radius 2 is 2.00 bits per heavy atom. The molecule has 5 heteroatoms. The number of carbonyl (C=O) groups excluding carboxylic acids is 1. The maximum atomic E-state index is 12.5. The summed E-state index contributed by atoms with van der Waals surface area (Å²) in [5, 5.41) is 3.38. The summed E-state index contributed by atoms with van der Waals surface area (Å²) in [7, 11) is 1.91. The summed E-state index contributed by atoms with van der Waals surface area (Å²) in [5.41, 5.74) is 0.730. The molecule has 1 aliphatic rings. The fourth-order valence-corrected chi connectivity index (χ4v) is 2.62. The molecule has 0 bridgehead atoms. The summed E-state index contributed by atoms with van der Waals surface area (Å²) in [6.07, 6.45) is 3.23. The van der Waals surface area contributed by atoms with Gasteiger partial charge in [0.15, 0.2) is 0 Å². The molecule has 1 atom stereocenters. The maximum absolute atomic E-state index is 12.5. The smallest absolute Gasteiger partial charge is 0.253 e. The predicted molar refractivity (Wildman–Crippen MR) is 87.5 cm³/mol. The van der Waals surface area contributed by atoms with Gasteiger partial charge >= 0.3 is 0 Å². The third kappa shape index (κ3) is 4.90. The first kappa shape index (κ1) is 17.8. The van der Waals surface area contributed by atoms with Crippen molar-refractivity contribution in [3.05, 3.63) is 29.8 Å². The molecule has 4 nitrogen and oxygen atoms in total. The first-order chi connectivity index (χ1) is 9.72. The van der Waals surface area contributed by atoms with Crippen molar-refractivity contribution in [3.8, 4) is 5.75 Å². The third-order valence-corrected chi connectivity index (χ3v) is 3.83. The van der Waals surface area contributed by atoms with Gasteiger partial charge in [0.05, 0.1) is 6.61 Å². The van der Waals surface area contributed by atoms with Gasteiger partial charge in [0, 0.05) is 18.7 Å². The normalized spacial score (nSPS) is 18.3. The molecule has 0 aliphatic carbocycles. The van der Waals surface area contributed by atoms with Gasteiger partial charge in [0.1, 0.15) is 5.75 Å². The van der Waals surface area contributed by atoms with Gasteiger partial charge in [-0.25, -0.2) is 0 Å². The predicted octanol–water partition coefficient (Wildman–Crippen LogP) is 2.72. The fourth-order valence-electron chi connectivity index (χ4n) is 2.62. The molecule has 1 aromatic carbocycles. The summed E-state index contributed by atoms with van der Waals surface area (Å²) < 4.78 is 5.40. The van der Waals surface area contributed by atoms with E-state index in [1.165, 1.54) is 0 Å². The quantitative estimate of drug-likeness (QED) is 0.929. The number of halogens is 1. The topological polar surface area (TPSA) is 41.6 Å². The number of nitrogens with zero attached hydrogens (tertiary/aromatic N) is 1. The van der Waals surface area contributed by atoms with Crippen LogP contribution >= 0.6 is 12.4 Å². The number of hydrogen-bond donors (Lipinski definition) is 1. The van der Waals surface area contributed by atoms with Crippen LogP contribution in [-0.4, -0.2) is 43.6 Å². The van der Waals surface area contributed by atoms with Crippen LogP contribution in [0, 0.1) is 0 Å². The molecule has 2 rings (SSSR count). The summed E-state index contributed by atoms with van der Waals surface area (Å²) >= 11 is 0. The molecule has 1 aliphatic heterocycles. The molecule has 1 fully saturated rings. The lowest BCUT2D eigenvalue weighted by molar-refractivity contribution is 0.0720. The van der Waals surface area contributed by atoms with Gasteiger partial charge in [0.25, 0.3) is 5.91 Å². The van der Waals surface area contributed by atoms with Crippen molar-refractivity contribution in [1.29, 1.82) is 0 Å². The first-order valence-electron chi connectivity index (χ1n) is 7.43. The summed E-state index contributed by atoms with van der Waals surface area (Å²) in [5.74, 6) is 0.908. The monoisotopic (exact) mass is 312 g/mol. The van der Waals surface area contributed by atoms with Crippen LogP contribution in [0.15, 0.2) is 24.3 Å². The molecule has 118 valence electrons. The molecule has 0 aromatic heterocycles. The molecule has 0 spiro atoms. The van der Waals surface area contributed by atoms with E-state index in [2.05, 4.69) is 5.32 Å². The molecule has 1 aromatic rings. The van der Waals surface area contributed by atoms with E-state index in [1.807, 2.05) is 43.1 Å². The average molecular weight is 313 g/mol. The van der Waals surface area contributed by atoms with Crippen LogP contribution in [0.2, 0.25) is 0 Å². The van der Waals surface area contributed by atoms with Crippen molar-refractivity contribution < 1.29 is 9.53 Å². The van der Waals surface area contributed by atoms with Crippen LogP contribution < -0.4 is 10.1 Å². The summed E-state index contributed by atoms with van der Waals surface area (Å²) in [4.78, 5) is 14.4. The highest BCUT2D eigenvalue weighted by molar-refractivity contribution is 5.94. The molecule has 1 N–H and O–H groups in total. The molecule has 0 radical (unpaired) electrons. The Morgan fingerprint density at radius 3 is 2.67 bits per heavy atom. The Bertz CT molecular complexity index is 428. The average Bonchev–Trinajstić information content (AvgIpc) is 2.76. The molecular formula is C16H25ClN2O2. The second-order valence-corrected chi connectivity index (χ2v) is 5.21. The minimum atomic E-state index is 0. The van der Waals surface area contributed by atoms with Crippen molar-refractivity contribution in [3.63, 3.8) is 0 Å². The minimum absolute atomic E-state index is 0. The number of benzene rings is 1. The zero-order valence-electron chi connectivity index (χ0n) is 12.8. The van der Waals surface area contributed by atoms with Gasteiger partial charge < -0.3 is 15.0 Å². The van der Waals surface area contributed by atoms with Crippen LogP contribution in [0.4, 0.5) is 0 Å². The van der Waals surface area contributed by atoms with E-state index in [-0.39, 0.29) is 18.3 Å². The van der Waals surface area contributed by atoms with Crippen molar-refractivity contribution in [2.24, 2.45) is 0 Å². The van der Waals surface area contributed by atoms with Gasteiger partial charge in [-0.05, 0) is 63.5 Å². The van der Waals surface area contributed by atoms with E-state index in [1.54, 1.807) is 0 Å². The zero-order valence-corrected chi connectivity index (χ0v) is 13.6. The van der Waals surface area contributed by atoms with Crippen LogP contribution in [0.25, 0.3) is 0 Å². The van der Waals surface area contributed by atoms with Crippen molar-refractivity contribution in [2.45, 2.75) is 32.2 Å². The number of hydrogen-bond acceptors (Lipinski definition) is 3. The van der Waals surface area contributed by atoms with E-state index < -0.39 is 0 Å². The SMILES string of the molecule is CCOc1ccc(C(=O)N(C)C2CCCNCC2)cc1.Cl. The summed E-state index contributed by atoms with van der Waals surface area (Å²) in [6.45, 7) is 4.64. The number of amides is 1. The van der Waals surface area contributed by atoms with Gasteiger partial charge in [-0.2, -0.15) is 0 Å². The van der Waals surface area contributed by atoms with E-state index in [4.69, 9.17) is 4.74 Å². The Labute approximate surface area is 133 Å². The van der Waals surface area contributed by atoms with Crippen molar-refractivity contribution in [1.82, 2.24) is 10.2 Å². The van der Waals surface area contributed by atoms with E-state index >= 15 is 0 Å². The Hall–Kier alpha value is -1.26. The van der Waals surface area contributed by atoms with E-state index in [0.29, 0.717) is 12.6 Å². The lowest BCUT2D eigenvalue weighted by Crippen LogP contribution is -2.37. The van der Waals surface area contributed by atoms with Crippen LogP contribution in [-0.2, 0) is 0 Å². The first-order valence-corrected chi connectivity index (χ1v) is 7.43. The Morgan fingerprint density at radius 1 is 1.29 bits per heavy atom.